The molecule has 4 heterocycles. The fourth-order valence-corrected chi connectivity index (χ4v) is 12.1. The predicted molar refractivity (Wildman–Crippen MR) is 251 cm³/mol. The van der Waals surface area contributed by atoms with Crippen molar-refractivity contribution in [2.75, 3.05) is 0 Å². The second kappa shape index (κ2) is 12.4. The molecule has 0 saturated heterocycles. The van der Waals surface area contributed by atoms with Crippen LogP contribution in [-0.2, 0) is 5.41 Å². The van der Waals surface area contributed by atoms with Gasteiger partial charge in [0.1, 0.15) is 10.1 Å². The van der Waals surface area contributed by atoms with E-state index in [1.165, 1.54) is 55.3 Å². The molecule has 0 radical (unpaired) electrons. The molecule has 0 fully saturated rings. The fraction of sp³-hybridized carbons (Fsp3) is 0.245. The zero-order valence-corrected chi connectivity index (χ0v) is 36.4. The van der Waals surface area contributed by atoms with Crippen molar-refractivity contribution in [3.8, 4) is 44.8 Å². The van der Waals surface area contributed by atoms with E-state index in [9.17, 15) is 0 Å². The Labute approximate surface area is 355 Å². The van der Waals surface area contributed by atoms with Gasteiger partial charge < -0.3 is 0 Å². The Hall–Kier alpha value is -5.30. The summed E-state index contributed by atoms with van der Waals surface area (Å²) in [6.45, 7) is 18.0. The van der Waals surface area contributed by atoms with Gasteiger partial charge in [0.05, 0.1) is 27.9 Å². The Morgan fingerprint density at radius 2 is 0.898 bits per heavy atom. The first-order valence-electron chi connectivity index (χ1n) is 20.6. The summed E-state index contributed by atoms with van der Waals surface area (Å²) in [6, 6.07) is 45.3. The van der Waals surface area contributed by atoms with Crippen LogP contribution in [0.1, 0.15) is 88.8 Å². The molecule has 0 unspecified atom stereocenters. The molecule has 6 heteroatoms. The molecule has 0 amide bonds. The highest BCUT2D eigenvalue weighted by Crippen LogP contribution is 2.64. The predicted octanol–water partition coefficient (Wildman–Crippen LogP) is 13.4. The number of fused-ring (bicyclic) bond motifs is 12. The van der Waals surface area contributed by atoms with E-state index >= 15 is 0 Å². The number of aromatic nitrogens is 2. The molecule has 11 rings (SSSR count). The van der Waals surface area contributed by atoms with Gasteiger partial charge in [0, 0.05) is 44.1 Å². The second-order valence-electron chi connectivity index (χ2n) is 18.6. The van der Waals surface area contributed by atoms with Gasteiger partial charge in [0.25, 0.3) is 0 Å². The first-order chi connectivity index (χ1) is 28.2. The van der Waals surface area contributed by atoms with Gasteiger partial charge in [-0.3, -0.25) is 20.0 Å². The largest absolute Gasteiger partial charge is 0.270 e. The van der Waals surface area contributed by atoms with Crippen molar-refractivity contribution >= 4 is 44.4 Å². The zero-order chi connectivity index (χ0) is 40.7. The number of nitrogens with zero attached hydrogens (tertiary/aromatic N) is 4. The Morgan fingerprint density at radius 1 is 0.424 bits per heavy atom. The summed E-state index contributed by atoms with van der Waals surface area (Å²) in [6.07, 6.45) is 4.00. The van der Waals surface area contributed by atoms with E-state index in [2.05, 4.69) is 177 Å². The van der Waals surface area contributed by atoms with Crippen molar-refractivity contribution in [2.45, 2.75) is 81.4 Å². The van der Waals surface area contributed by atoms with Crippen LogP contribution in [0.15, 0.2) is 144 Å². The molecule has 59 heavy (non-hydrogen) atoms. The molecule has 2 aliphatic heterocycles. The lowest BCUT2D eigenvalue weighted by molar-refractivity contribution is 0.426. The highest BCUT2D eigenvalue weighted by Gasteiger charge is 2.52. The van der Waals surface area contributed by atoms with Crippen molar-refractivity contribution in [1.82, 2.24) is 9.97 Å². The first-order valence-corrected chi connectivity index (χ1v) is 22.2. The summed E-state index contributed by atoms with van der Waals surface area (Å²) in [7, 11) is 0. The van der Waals surface area contributed by atoms with E-state index in [0.717, 1.165) is 43.7 Å². The lowest BCUT2D eigenvalue weighted by atomic mass is 9.69. The number of pyridine rings is 2. The first kappa shape index (κ1) is 36.8. The topological polar surface area (TPSA) is 50.5 Å². The monoisotopic (exact) mass is 802 g/mol. The minimum absolute atomic E-state index is 0.0200. The Bertz CT molecular complexity index is 2940. The van der Waals surface area contributed by atoms with E-state index in [0.29, 0.717) is 0 Å². The molecule has 0 bridgehead atoms. The van der Waals surface area contributed by atoms with Crippen LogP contribution in [0.4, 0.5) is 0 Å². The van der Waals surface area contributed by atoms with Gasteiger partial charge in [-0.05, 0) is 147 Å². The molecule has 4 aliphatic rings. The Morgan fingerprint density at radius 3 is 1.41 bits per heavy atom. The van der Waals surface area contributed by atoms with E-state index < -0.39 is 5.41 Å². The van der Waals surface area contributed by atoms with Gasteiger partial charge in [0.15, 0.2) is 0 Å². The maximum absolute atomic E-state index is 5.11. The third-order valence-electron chi connectivity index (χ3n) is 14.1. The van der Waals surface area contributed by atoms with Gasteiger partial charge in [-0.15, -0.1) is 0 Å². The molecular weight excluding hydrogens is 757 g/mol. The van der Waals surface area contributed by atoms with E-state index in [1.807, 2.05) is 35.9 Å². The molecule has 2 aliphatic carbocycles. The minimum atomic E-state index is -0.498. The summed E-state index contributed by atoms with van der Waals surface area (Å²) in [5, 5.41) is 4.60. The zero-order valence-electron chi connectivity index (χ0n) is 34.8. The van der Waals surface area contributed by atoms with Crippen molar-refractivity contribution < 1.29 is 0 Å². The van der Waals surface area contributed by atoms with Crippen LogP contribution in [0.3, 0.4) is 0 Å². The molecule has 0 atom stereocenters. The quantitative estimate of drug-likeness (QED) is 0.178. The van der Waals surface area contributed by atoms with Crippen LogP contribution in [0, 0.1) is 0 Å². The number of rotatable bonds is 4. The van der Waals surface area contributed by atoms with Crippen LogP contribution >= 0.6 is 23.5 Å². The van der Waals surface area contributed by atoms with Crippen LogP contribution < -0.4 is 0 Å². The van der Waals surface area contributed by atoms with E-state index in [1.54, 1.807) is 0 Å². The number of hydrogen-bond acceptors (Lipinski definition) is 6. The molecule has 290 valence electrons. The minimum Gasteiger partial charge on any atom is -0.270 e. The smallest absolute Gasteiger partial charge is 0.101 e. The normalized spacial score (nSPS) is 19.3. The number of aliphatic imine (C=N–C) groups is 2. The molecule has 0 saturated carbocycles. The SMILES string of the molecule is CC1(C)N=C(c2ccc(-c3ccc4c(c3)C3(c5ccccc5-c5ccccc53)c3c-4ccc4cc(-c5ccc(C6=NC(C)(C)C(C)(C)S6)cn5)ccc34)nc2)SC1(C)C. The molecule has 7 aromatic rings. The second-order valence-corrected chi connectivity index (χ2v) is 21.8. The van der Waals surface area contributed by atoms with Crippen molar-refractivity contribution in [1.29, 1.82) is 0 Å². The highest BCUT2D eigenvalue weighted by atomic mass is 32.2. The molecule has 4 nitrogen and oxygen atoms in total. The summed E-state index contributed by atoms with van der Waals surface area (Å²) >= 11 is 3.69. The highest BCUT2D eigenvalue weighted by molar-refractivity contribution is 8.16. The van der Waals surface area contributed by atoms with Gasteiger partial charge >= 0.3 is 0 Å². The molecule has 5 aromatic carbocycles. The average Bonchev–Trinajstić information content (AvgIpc) is 3.85. The van der Waals surface area contributed by atoms with Crippen molar-refractivity contribution in [2.24, 2.45) is 9.98 Å². The number of benzene rings is 5. The average molecular weight is 803 g/mol. The van der Waals surface area contributed by atoms with Gasteiger partial charge in [0.2, 0.25) is 0 Å². The lowest BCUT2D eigenvalue weighted by Crippen LogP contribution is -2.36. The van der Waals surface area contributed by atoms with Crippen LogP contribution in [0.25, 0.3) is 55.5 Å². The molecular formula is C53H46N4S2. The van der Waals surface area contributed by atoms with Crippen LogP contribution in [0.2, 0.25) is 0 Å². The summed E-state index contributed by atoms with van der Waals surface area (Å²) < 4.78 is 0.0485. The van der Waals surface area contributed by atoms with Crippen LogP contribution in [-0.4, -0.2) is 40.6 Å². The summed E-state index contributed by atoms with van der Waals surface area (Å²) in [5.74, 6) is 0. The van der Waals surface area contributed by atoms with E-state index in [4.69, 9.17) is 20.0 Å². The summed E-state index contributed by atoms with van der Waals surface area (Å²) in [5.41, 5.74) is 16.0. The molecule has 2 aromatic heterocycles. The van der Waals surface area contributed by atoms with Gasteiger partial charge in [-0.2, -0.15) is 0 Å². The molecule has 1 spiro atoms. The van der Waals surface area contributed by atoms with Gasteiger partial charge in [-0.25, -0.2) is 0 Å². The van der Waals surface area contributed by atoms with Crippen molar-refractivity contribution in [3.63, 3.8) is 0 Å². The standard InChI is InChI=1S/C53H46N4S2/c1-49(2)51(5,6)58-47(56-49)34-20-25-44(54-29-34)32-18-22-36-31(27-32)17-24-40-39-23-19-33(45-26-21-35(30-55-45)48-57-50(3,4)52(7,8)59-48)28-43(39)53(46(36)40)41-15-11-9-13-37(41)38-14-10-12-16-42(38)53/h9-30H,1-8H3. The maximum Gasteiger partial charge on any atom is 0.101 e. The summed E-state index contributed by atoms with van der Waals surface area (Å²) in [4.78, 5) is 20.3. The molecule has 0 N–H and O–H groups in total. The Balaban J connectivity index is 1.04. The fourth-order valence-electron chi connectivity index (χ4n) is 9.48. The van der Waals surface area contributed by atoms with Gasteiger partial charge in [-0.1, -0.05) is 108 Å². The third-order valence-corrected chi connectivity index (χ3v) is 17.1. The lowest BCUT2D eigenvalue weighted by Gasteiger charge is -2.31. The Kier molecular flexibility index (Phi) is 7.71. The van der Waals surface area contributed by atoms with Crippen molar-refractivity contribution in [3.05, 3.63) is 167 Å². The maximum atomic E-state index is 5.11. The third kappa shape index (κ3) is 5.18. The van der Waals surface area contributed by atoms with E-state index in [-0.39, 0.29) is 20.6 Å². The number of hydrogen-bond donors (Lipinski definition) is 0. The van der Waals surface area contributed by atoms with Crippen LogP contribution in [0.5, 0.6) is 0 Å². The number of thioether (sulfide) groups is 2.